The number of benzene rings is 1. The second-order valence-electron chi connectivity index (χ2n) is 4.99. The van der Waals surface area contributed by atoms with Crippen LogP contribution in [0.5, 0.6) is 5.75 Å². The molecule has 0 bridgehead atoms. The first-order valence-electron chi connectivity index (χ1n) is 7.13. The van der Waals surface area contributed by atoms with Crippen molar-refractivity contribution in [1.82, 2.24) is 4.98 Å². The van der Waals surface area contributed by atoms with Gasteiger partial charge in [0.2, 0.25) is 0 Å². The maximum atomic E-state index is 12.4. The third kappa shape index (κ3) is 4.29. The molecular weight excluding hydrogens is 316 g/mol. The van der Waals surface area contributed by atoms with Crippen molar-refractivity contribution in [3.05, 3.63) is 39.3 Å². The van der Waals surface area contributed by atoms with Crippen LogP contribution >= 0.6 is 11.3 Å². The zero-order chi connectivity index (χ0) is 17.0. The van der Waals surface area contributed by atoms with Gasteiger partial charge in [-0.25, -0.2) is 9.78 Å². The first-order chi connectivity index (χ1) is 10.9. The first kappa shape index (κ1) is 17.0. The number of amides is 1. The minimum atomic E-state index is -1.03. The van der Waals surface area contributed by atoms with Crippen LogP contribution in [0.1, 0.15) is 32.9 Å². The van der Waals surface area contributed by atoms with Gasteiger partial charge in [-0.05, 0) is 44.0 Å². The monoisotopic (exact) mass is 334 g/mol. The fourth-order valence-corrected chi connectivity index (χ4v) is 2.90. The molecule has 6 nitrogen and oxygen atoms in total. The van der Waals surface area contributed by atoms with Gasteiger partial charge in [0.05, 0.1) is 10.7 Å². The normalized spacial score (nSPS) is 10.4. The number of hydrogen-bond donors (Lipinski definition) is 2. The van der Waals surface area contributed by atoms with Crippen molar-refractivity contribution in [3.63, 3.8) is 0 Å². The Balaban J connectivity index is 2.11. The Morgan fingerprint density at radius 1 is 1.35 bits per heavy atom. The van der Waals surface area contributed by atoms with Gasteiger partial charge in [0.25, 0.3) is 5.91 Å². The van der Waals surface area contributed by atoms with Crippen LogP contribution in [0.4, 0.5) is 5.69 Å². The molecule has 0 saturated carbocycles. The average molecular weight is 334 g/mol. The summed E-state index contributed by atoms with van der Waals surface area (Å²) in [5.74, 6) is -0.778. The number of ether oxygens (including phenoxy) is 1. The molecule has 0 unspecified atom stereocenters. The van der Waals surface area contributed by atoms with Gasteiger partial charge in [-0.2, -0.15) is 0 Å². The van der Waals surface area contributed by atoms with E-state index in [1.54, 1.807) is 18.2 Å². The third-order valence-corrected chi connectivity index (χ3v) is 4.46. The summed E-state index contributed by atoms with van der Waals surface area (Å²) in [5.41, 5.74) is 2.17. The maximum absolute atomic E-state index is 12.4. The number of nitrogens with one attached hydrogen (secondary N) is 1. The summed E-state index contributed by atoms with van der Waals surface area (Å²) in [6, 6.07) is 5.01. The van der Waals surface area contributed by atoms with E-state index >= 15 is 0 Å². The van der Waals surface area contributed by atoms with Crippen LogP contribution in [0.2, 0.25) is 0 Å². The number of carbonyl (C=O) groups is 2. The van der Waals surface area contributed by atoms with Crippen LogP contribution in [-0.2, 0) is 11.2 Å². The minimum Gasteiger partial charge on any atom is -0.482 e. The predicted octanol–water partition coefficient (Wildman–Crippen LogP) is 3.04. The smallest absolute Gasteiger partial charge is 0.341 e. The maximum Gasteiger partial charge on any atom is 0.341 e. The van der Waals surface area contributed by atoms with Crippen molar-refractivity contribution in [3.8, 4) is 5.75 Å². The van der Waals surface area contributed by atoms with Gasteiger partial charge in [0.1, 0.15) is 10.6 Å². The lowest BCUT2D eigenvalue weighted by atomic mass is 10.2. The Kier molecular flexibility index (Phi) is 5.33. The molecule has 2 aromatic rings. The molecule has 2 N–H and O–H groups in total. The van der Waals surface area contributed by atoms with E-state index < -0.39 is 12.6 Å². The molecule has 0 aliphatic carbocycles. The van der Waals surface area contributed by atoms with Crippen molar-refractivity contribution >= 4 is 28.9 Å². The zero-order valence-corrected chi connectivity index (χ0v) is 14.0. The number of rotatable bonds is 6. The zero-order valence-electron chi connectivity index (χ0n) is 13.2. The molecule has 1 aromatic carbocycles. The molecule has 0 radical (unpaired) electrons. The van der Waals surface area contributed by atoms with Gasteiger partial charge < -0.3 is 15.2 Å². The summed E-state index contributed by atoms with van der Waals surface area (Å²) in [5, 5.41) is 12.4. The summed E-state index contributed by atoms with van der Waals surface area (Å²) in [4.78, 5) is 27.8. The van der Waals surface area contributed by atoms with E-state index in [4.69, 9.17) is 9.84 Å². The van der Waals surface area contributed by atoms with E-state index in [9.17, 15) is 9.59 Å². The van der Waals surface area contributed by atoms with Crippen molar-refractivity contribution in [2.45, 2.75) is 27.2 Å². The summed E-state index contributed by atoms with van der Waals surface area (Å²) in [6.07, 6.45) is 0.799. The van der Waals surface area contributed by atoms with E-state index in [1.807, 2.05) is 20.8 Å². The number of carboxylic acid groups (broad SMARTS) is 1. The lowest BCUT2D eigenvalue weighted by Crippen LogP contribution is -2.13. The summed E-state index contributed by atoms with van der Waals surface area (Å²) >= 11 is 1.39. The minimum absolute atomic E-state index is 0.193. The molecule has 1 heterocycles. The Labute approximate surface area is 138 Å². The molecule has 0 atom stereocenters. The molecule has 122 valence electrons. The first-order valence-corrected chi connectivity index (χ1v) is 7.95. The van der Waals surface area contributed by atoms with Crippen molar-refractivity contribution in [2.75, 3.05) is 11.9 Å². The number of nitrogens with zero attached hydrogens (tertiary/aromatic N) is 1. The quantitative estimate of drug-likeness (QED) is 0.847. The van der Waals surface area contributed by atoms with E-state index in [0.717, 1.165) is 22.7 Å². The van der Waals surface area contributed by atoms with E-state index in [1.165, 1.54) is 11.3 Å². The number of carbonyl (C=O) groups excluding carboxylic acids is 1. The van der Waals surface area contributed by atoms with Gasteiger partial charge in [-0.1, -0.05) is 6.92 Å². The molecule has 0 aliphatic rings. The van der Waals surface area contributed by atoms with Crippen molar-refractivity contribution in [1.29, 1.82) is 0 Å². The highest BCUT2D eigenvalue weighted by molar-refractivity contribution is 7.13. The molecule has 0 aliphatic heterocycles. The Morgan fingerprint density at radius 3 is 2.65 bits per heavy atom. The second kappa shape index (κ2) is 7.23. The van der Waals surface area contributed by atoms with Crippen molar-refractivity contribution < 1.29 is 19.4 Å². The number of aromatic nitrogens is 1. The Hall–Kier alpha value is -2.41. The van der Waals surface area contributed by atoms with Gasteiger partial charge in [-0.3, -0.25) is 4.79 Å². The van der Waals surface area contributed by atoms with Crippen LogP contribution in [0, 0.1) is 13.8 Å². The Bertz CT molecular complexity index is 740. The summed E-state index contributed by atoms with van der Waals surface area (Å²) in [6.45, 7) is 5.24. The van der Waals surface area contributed by atoms with Crippen LogP contribution in [0.3, 0.4) is 0 Å². The van der Waals surface area contributed by atoms with Crippen molar-refractivity contribution in [2.24, 2.45) is 0 Å². The lowest BCUT2D eigenvalue weighted by molar-refractivity contribution is -0.139. The number of hydrogen-bond acceptors (Lipinski definition) is 5. The summed E-state index contributed by atoms with van der Waals surface area (Å²) in [7, 11) is 0. The second-order valence-corrected chi connectivity index (χ2v) is 6.07. The predicted molar refractivity (Wildman–Crippen MR) is 88.5 cm³/mol. The molecule has 23 heavy (non-hydrogen) atoms. The Morgan fingerprint density at radius 2 is 2.09 bits per heavy atom. The van der Waals surface area contributed by atoms with Crippen LogP contribution in [0.15, 0.2) is 18.2 Å². The topological polar surface area (TPSA) is 88.5 Å². The number of thiazole rings is 1. The molecule has 1 aromatic heterocycles. The molecule has 1 amide bonds. The highest BCUT2D eigenvalue weighted by Gasteiger charge is 2.15. The molecule has 7 heteroatoms. The number of anilines is 1. The highest BCUT2D eigenvalue weighted by Crippen LogP contribution is 2.24. The fourth-order valence-electron chi connectivity index (χ4n) is 2.00. The van der Waals surface area contributed by atoms with Gasteiger partial charge in [0, 0.05) is 5.69 Å². The van der Waals surface area contributed by atoms with Gasteiger partial charge in [0.15, 0.2) is 6.61 Å². The fraction of sp³-hybridized carbons (Fsp3) is 0.312. The number of carboxylic acids is 1. The molecule has 0 spiro atoms. The van der Waals surface area contributed by atoms with Crippen LogP contribution in [0.25, 0.3) is 0 Å². The van der Waals surface area contributed by atoms with E-state index in [0.29, 0.717) is 16.3 Å². The standard InChI is InChI=1S/C16H18N2O4S/c1-4-13-17-10(3)15(23-13)16(21)18-12-6-5-11(7-9(12)2)22-8-14(19)20/h5-7H,4,8H2,1-3H3,(H,18,21)(H,19,20). The third-order valence-electron chi connectivity index (χ3n) is 3.16. The molecule has 2 rings (SSSR count). The SMILES string of the molecule is CCc1nc(C)c(C(=O)Nc2ccc(OCC(=O)O)cc2C)s1. The molecule has 0 saturated heterocycles. The van der Waals surface area contributed by atoms with E-state index in [-0.39, 0.29) is 5.91 Å². The van der Waals surface area contributed by atoms with Gasteiger partial charge in [-0.15, -0.1) is 11.3 Å². The van der Waals surface area contributed by atoms with Gasteiger partial charge >= 0.3 is 5.97 Å². The van der Waals surface area contributed by atoms with Crippen LogP contribution < -0.4 is 10.1 Å². The van der Waals surface area contributed by atoms with E-state index in [2.05, 4.69) is 10.3 Å². The van der Waals surface area contributed by atoms with Crippen LogP contribution in [-0.4, -0.2) is 28.6 Å². The molecular formula is C16H18N2O4S. The summed E-state index contributed by atoms with van der Waals surface area (Å²) < 4.78 is 5.11. The highest BCUT2D eigenvalue weighted by atomic mass is 32.1. The molecule has 0 fully saturated rings. The lowest BCUT2D eigenvalue weighted by Gasteiger charge is -2.10. The average Bonchev–Trinajstić information content (AvgIpc) is 2.88. The number of aliphatic carboxylic acids is 1. The number of aryl methyl sites for hydroxylation is 3. The largest absolute Gasteiger partial charge is 0.482 e.